The van der Waals surface area contributed by atoms with Crippen molar-refractivity contribution >= 4 is 5.97 Å². The number of nitrogens with one attached hydrogen (secondary N) is 1. The summed E-state index contributed by atoms with van der Waals surface area (Å²) in [4.78, 5) is 11.5. The first kappa shape index (κ1) is 11.1. The number of rotatable bonds is 3. The maximum atomic E-state index is 11.5. The Kier molecular flexibility index (Phi) is 3.57. The molecule has 0 unspecified atom stereocenters. The Hall–Kier alpha value is -1.35. The second-order valence-electron chi connectivity index (χ2n) is 4.01. The highest BCUT2D eigenvalue weighted by Gasteiger charge is 2.30. The fourth-order valence-corrected chi connectivity index (χ4v) is 2.12. The molecule has 3 nitrogen and oxygen atoms in total. The van der Waals surface area contributed by atoms with Gasteiger partial charge in [-0.15, -0.1) is 0 Å². The van der Waals surface area contributed by atoms with E-state index in [2.05, 4.69) is 17.4 Å². The van der Waals surface area contributed by atoms with Crippen LogP contribution < -0.4 is 5.32 Å². The minimum atomic E-state index is -0.134. The molecule has 1 N–H and O–H groups in total. The summed E-state index contributed by atoms with van der Waals surface area (Å²) in [6.07, 6.45) is 1.85. The van der Waals surface area contributed by atoms with E-state index in [1.54, 1.807) is 0 Å². The Morgan fingerprint density at radius 1 is 1.38 bits per heavy atom. The maximum Gasteiger partial charge on any atom is 0.323 e. The lowest BCUT2D eigenvalue weighted by Gasteiger charge is -2.13. The number of hydrogen-bond acceptors (Lipinski definition) is 3. The van der Waals surface area contributed by atoms with Crippen LogP contribution in [0.25, 0.3) is 0 Å². The van der Waals surface area contributed by atoms with E-state index in [0.29, 0.717) is 6.61 Å². The zero-order valence-corrected chi connectivity index (χ0v) is 9.48. The molecular formula is C13H17NO2. The second-order valence-corrected chi connectivity index (χ2v) is 4.01. The number of ether oxygens (including phenoxy) is 1. The summed E-state index contributed by atoms with van der Waals surface area (Å²) >= 11 is 0. The molecule has 1 aliphatic heterocycles. The molecule has 3 heteroatoms. The fourth-order valence-electron chi connectivity index (χ4n) is 2.12. The van der Waals surface area contributed by atoms with Crippen LogP contribution in [0.1, 0.15) is 31.4 Å². The average molecular weight is 219 g/mol. The van der Waals surface area contributed by atoms with Gasteiger partial charge in [-0.3, -0.25) is 10.1 Å². The number of carbonyl (C=O) groups excluding carboxylic acids is 1. The van der Waals surface area contributed by atoms with Gasteiger partial charge in [-0.1, -0.05) is 30.3 Å². The lowest BCUT2D eigenvalue weighted by molar-refractivity contribution is -0.145. The van der Waals surface area contributed by atoms with E-state index < -0.39 is 0 Å². The standard InChI is InChI=1S/C13H17NO2/c1-2-16-13(15)12-9-8-11(14-12)10-6-4-3-5-7-10/h3-7,11-12,14H,2,8-9H2,1H3/t11-,12+/m1/s1. The van der Waals surface area contributed by atoms with Crippen molar-refractivity contribution in [2.75, 3.05) is 6.61 Å². The molecule has 1 aliphatic rings. The topological polar surface area (TPSA) is 38.3 Å². The van der Waals surface area contributed by atoms with Crippen molar-refractivity contribution in [3.63, 3.8) is 0 Å². The molecule has 0 saturated carbocycles. The van der Waals surface area contributed by atoms with Crippen LogP contribution in [0.15, 0.2) is 30.3 Å². The quantitative estimate of drug-likeness (QED) is 0.791. The molecule has 0 amide bonds. The zero-order chi connectivity index (χ0) is 11.4. The highest BCUT2D eigenvalue weighted by atomic mass is 16.5. The first-order valence-corrected chi connectivity index (χ1v) is 5.79. The predicted molar refractivity (Wildman–Crippen MR) is 62.0 cm³/mol. The predicted octanol–water partition coefficient (Wildman–Crippen LogP) is 2.04. The van der Waals surface area contributed by atoms with E-state index >= 15 is 0 Å². The van der Waals surface area contributed by atoms with Crippen LogP contribution in [0, 0.1) is 0 Å². The molecule has 0 radical (unpaired) electrons. The van der Waals surface area contributed by atoms with Crippen molar-refractivity contribution in [1.29, 1.82) is 0 Å². The van der Waals surface area contributed by atoms with Gasteiger partial charge < -0.3 is 4.74 Å². The molecule has 2 rings (SSSR count). The Bertz CT molecular complexity index is 350. The van der Waals surface area contributed by atoms with Gasteiger partial charge in [0, 0.05) is 6.04 Å². The molecule has 1 fully saturated rings. The summed E-state index contributed by atoms with van der Waals surface area (Å²) in [5, 5.41) is 3.32. The summed E-state index contributed by atoms with van der Waals surface area (Å²) in [6, 6.07) is 10.4. The molecule has 2 atom stereocenters. The summed E-state index contributed by atoms with van der Waals surface area (Å²) < 4.78 is 5.01. The lowest BCUT2D eigenvalue weighted by Crippen LogP contribution is -2.33. The SMILES string of the molecule is CCOC(=O)[C@@H]1CC[C@H](c2ccccc2)N1. The second kappa shape index (κ2) is 5.12. The van der Waals surface area contributed by atoms with Gasteiger partial charge in [0.15, 0.2) is 0 Å². The highest BCUT2D eigenvalue weighted by molar-refractivity contribution is 5.76. The molecular weight excluding hydrogens is 202 g/mol. The largest absolute Gasteiger partial charge is 0.465 e. The summed E-state index contributed by atoms with van der Waals surface area (Å²) in [6.45, 7) is 2.29. The van der Waals surface area contributed by atoms with Crippen molar-refractivity contribution in [2.24, 2.45) is 0 Å². The number of carbonyl (C=O) groups is 1. The molecule has 1 aromatic carbocycles. The van der Waals surface area contributed by atoms with Gasteiger partial charge in [0.1, 0.15) is 6.04 Å². The van der Waals surface area contributed by atoms with E-state index in [1.807, 2.05) is 25.1 Å². The Balaban J connectivity index is 1.96. The first-order chi connectivity index (χ1) is 7.81. The number of hydrogen-bond donors (Lipinski definition) is 1. The molecule has 16 heavy (non-hydrogen) atoms. The van der Waals surface area contributed by atoms with Crippen molar-refractivity contribution in [3.05, 3.63) is 35.9 Å². The Labute approximate surface area is 95.8 Å². The van der Waals surface area contributed by atoms with Gasteiger partial charge in [0.05, 0.1) is 6.61 Å². The van der Waals surface area contributed by atoms with Gasteiger partial charge in [-0.05, 0) is 25.3 Å². The third-order valence-electron chi connectivity index (χ3n) is 2.92. The number of esters is 1. The van der Waals surface area contributed by atoms with Crippen LogP contribution in [0.5, 0.6) is 0 Å². The van der Waals surface area contributed by atoms with E-state index in [-0.39, 0.29) is 18.1 Å². The van der Waals surface area contributed by atoms with E-state index in [9.17, 15) is 4.79 Å². The molecule has 1 aromatic rings. The normalized spacial score (nSPS) is 24.3. The van der Waals surface area contributed by atoms with Gasteiger partial charge in [0.25, 0.3) is 0 Å². The van der Waals surface area contributed by atoms with Crippen LogP contribution in [0.2, 0.25) is 0 Å². The molecule has 1 saturated heterocycles. The van der Waals surface area contributed by atoms with Crippen LogP contribution in [-0.2, 0) is 9.53 Å². The Morgan fingerprint density at radius 3 is 2.81 bits per heavy atom. The van der Waals surface area contributed by atoms with Gasteiger partial charge >= 0.3 is 5.97 Å². The summed E-state index contributed by atoms with van der Waals surface area (Å²) in [7, 11) is 0. The van der Waals surface area contributed by atoms with Gasteiger partial charge in [-0.25, -0.2) is 0 Å². The average Bonchev–Trinajstić information content (AvgIpc) is 2.80. The van der Waals surface area contributed by atoms with Crippen molar-refractivity contribution < 1.29 is 9.53 Å². The van der Waals surface area contributed by atoms with Crippen molar-refractivity contribution in [1.82, 2.24) is 5.32 Å². The molecule has 86 valence electrons. The zero-order valence-electron chi connectivity index (χ0n) is 9.48. The Morgan fingerprint density at radius 2 is 2.12 bits per heavy atom. The van der Waals surface area contributed by atoms with Gasteiger partial charge in [0.2, 0.25) is 0 Å². The van der Waals surface area contributed by atoms with E-state index in [0.717, 1.165) is 12.8 Å². The number of benzene rings is 1. The minimum Gasteiger partial charge on any atom is -0.465 e. The molecule has 0 bridgehead atoms. The first-order valence-electron chi connectivity index (χ1n) is 5.79. The maximum absolute atomic E-state index is 11.5. The smallest absolute Gasteiger partial charge is 0.323 e. The molecule has 0 aromatic heterocycles. The van der Waals surface area contributed by atoms with Gasteiger partial charge in [-0.2, -0.15) is 0 Å². The van der Waals surface area contributed by atoms with Crippen LogP contribution in [-0.4, -0.2) is 18.6 Å². The van der Waals surface area contributed by atoms with Crippen molar-refractivity contribution in [2.45, 2.75) is 31.8 Å². The molecule has 0 aliphatic carbocycles. The third kappa shape index (κ3) is 2.42. The minimum absolute atomic E-state index is 0.124. The molecule has 1 heterocycles. The molecule has 0 spiro atoms. The van der Waals surface area contributed by atoms with Crippen LogP contribution >= 0.6 is 0 Å². The fraction of sp³-hybridized carbons (Fsp3) is 0.462. The monoisotopic (exact) mass is 219 g/mol. The van der Waals surface area contributed by atoms with Crippen LogP contribution in [0.4, 0.5) is 0 Å². The van der Waals surface area contributed by atoms with E-state index in [1.165, 1.54) is 5.56 Å². The highest BCUT2D eigenvalue weighted by Crippen LogP contribution is 2.26. The van der Waals surface area contributed by atoms with Crippen molar-refractivity contribution in [3.8, 4) is 0 Å². The summed E-state index contributed by atoms with van der Waals surface area (Å²) in [5.41, 5.74) is 1.24. The lowest BCUT2D eigenvalue weighted by atomic mass is 10.1. The van der Waals surface area contributed by atoms with E-state index in [4.69, 9.17) is 4.74 Å². The summed E-state index contributed by atoms with van der Waals surface area (Å²) in [5.74, 6) is -0.124. The van der Waals surface area contributed by atoms with Crippen LogP contribution in [0.3, 0.4) is 0 Å². The third-order valence-corrected chi connectivity index (χ3v) is 2.92.